The van der Waals surface area contributed by atoms with Crippen LogP contribution < -0.4 is 0 Å². The summed E-state index contributed by atoms with van der Waals surface area (Å²) in [6.45, 7) is 1.10. The molecule has 0 aromatic heterocycles. The predicted molar refractivity (Wildman–Crippen MR) is 76.2 cm³/mol. The first-order valence-corrected chi connectivity index (χ1v) is 10.6. The number of hydrogen-bond donors (Lipinski definition) is 0. The fourth-order valence-electron chi connectivity index (χ4n) is 2.86. The number of nitrogens with zero attached hydrogens (tertiary/aromatic N) is 4. The van der Waals surface area contributed by atoms with Gasteiger partial charge in [0.2, 0.25) is 0 Å². The Morgan fingerprint density at radius 3 is 1.53 bits per heavy atom. The van der Waals surface area contributed by atoms with Crippen molar-refractivity contribution in [3.8, 4) is 0 Å². The summed E-state index contributed by atoms with van der Waals surface area (Å²) in [6, 6.07) is 0. The van der Waals surface area contributed by atoms with Gasteiger partial charge in [0, 0.05) is 0 Å². The van der Waals surface area contributed by atoms with Crippen molar-refractivity contribution in [3.05, 3.63) is 0 Å². The van der Waals surface area contributed by atoms with Crippen molar-refractivity contribution in [1.29, 1.82) is 0 Å². The number of rotatable bonds is 2. The summed E-state index contributed by atoms with van der Waals surface area (Å²) >= 11 is 13.6. The summed E-state index contributed by atoms with van der Waals surface area (Å²) in [4.78, 5) is 4.41. The van der Waals surface area contributed by atoms with Crippen LogP contribution in [0.25, 0.3) is 0 Å². The van der Waals surface area contributed by atoms with E-state index in [9.17, 15) is 0 Å². The van der Waals surface area contributed by atoms with E-state index in [1.807, 2.05) is 0 Å². The van der Waals surface area contributed by atoms with Gasteiger partial charge in [-0.05, 0) is 0 Å². The molecular formula is C10H21Cl2N4Si+. The fourth-order valence-corrected chi connectivity index (χ4v) is 9.82. The molecule has 2 aliphatic rings. The molecule has 0 saturated carbocycles. The number of hydrogen-bond acceptors (Lipinski definition) is 2. The number of amidine groups is 2. The van der Waals surface area contributed by atoms with E-state index in [1.54, 1.807) is 0 Å². The zero-order valence-corrected chi connectivity index (χ0v) is 13.6. The predicted octanol–water partition coefficient (Wildman–Crippen LogP) is -0.311. The fraction of sp³-hybridized carbons (Fsp3) is 0.800. The van der Waals surface area contributed by atoms with Crippen LogP contribution in [0.3, 0.4) is 0 Å². The van der Waals surface area contributed by atoms with Crippen LogP contribution in [0.2, 0.25) is 0 Å². The molecule has 0 spiro atoms. The second-order valence-electron chi connectivity index (χ2n) is 5.07. The Morgan fingerprint density at radius 2 is 1.29 bits per heavy atom. The third kappa shape index (κ3) is 2.09. The Hall–Kier alpha value is -0.263. The van der Waals surface area contributed by atoms with Gasteiger partial charge in [0.05, 0.1) is 0 Å². The summed E-state index contributed by atoms with van der Waals surface area (Å²) < 4.78 is 4.41. The number of likely N-dealkylation sites (N-methyl/N-ethyl adjacent to an activating group) is 4. The molecule has 7 heteroatoms. The molecule has 0 bridgehead atoms. The van der Waals surface area contributed by atoms with Gasteiger partial charge in [0.15, 0.2) is 0 Å². The Bertz CT molecular complexity index is 369. The van der Waals surface area contributed by atoms with E-state index in [0.717, 1.165) is 37.1 Å². The van der Waals surface area contributed by atoms with Gasteiger partial charge in [-0.3, -0.25) is 0 Å². The Balaban J connectivity index is 2.43. The molecule has 17 heavy (non-hydrogen) atoms. The summed E-state index contributed by atoms with van der Waals surface area (Å²) in [5.41, 5.74) is 2.27. The first kappa shape index (κ1) is 13.2. The molecule has 2 aliphatic heterocycles. The van der Waals surface area contributed by atoms with Crippen molar-refractivity contribution in [2.75, 3.05) is 54.4 Å². The van der Waals surface area contributed by atoms with E-state index in [1.165, 1.54) is 0 Å². The molecule has 0 aromatic carbocycles. The van der Waals surface area contributed by atoms with E-state index in [0.29, 0.717) is 0 Å². The van der Waals surface area contributed by atoms with Crippen molar-refractivity contribution in [1.82, 2.24) is 9.80 Å². The maximum absolute atomic E-state index is 6.82. The van der Waals surface area contributed by atoms with E-state index < -0.39 is 6.69 Å². The van der Waals surface area contributed by atoms with E-state index in [2.05, 4.69) is 47.1 Å². The zero-order valence-electron chi connectivity index (χ0n) is 11.0. The van der Waals surface area contributed by atoms with Gasteiger partial charge in [-0.1, -0.05) is 0 Å². The van der Waals surface area contributed by atoms with Crippen molar-refractivity contribution in [2.45, 2.75) is 0 Å². The van der Waals surface area contributed by atoms with Gasteiger partial charge in [0.1, 0.15) is 0 Å². The molecule has 4 nitrogen and oxygen atoms in total. The number of halogens is 2. The van der Waals surface area contributed by atoms with Crippen LogP contribution in [0, 0.1) is 0 Å². The molecule has 0 aromatic rings. The van der Waals surface area contributed by atoms with Crippen LogP contribution in [0.5, 0.6) is 0 Å². The van der Waals surface area contributed by atoms with Crippen molar-refractivity contribution in [2.24, 2.45) is 0 Å². The Morgan fingerprint density at radius 1 is 0.941 bits per heavy atom. The molecule has 0 unspecified atom stereocenters. The van der Waals surface area contributed by atoms with Gasteiger partial charge >= 0.3 is 113 Å². The minimum atomic E-state index is -2.94. The third-order valence-electron chi connectivity index (χ3n) is 3.75. The average molecular weight is 296 g/mol. The minimum absolute atomic E-state index is 1.01. The molecule has 0 amide bonds. The molecule has 0 saturated heterocycles. The molecular weight excluding hydrogens is 275 g/mol. The van der Waals surface area contributed by atoms with E-state index in [-0.39, 0.29) is 0 Å². The van der Waals surface area contributed by atoms with Crippen LogP contribution in [-0.4, -0.2) is 90.9 Å². The third-order valence-corrected chi connectivity index (χ3v) is 9.16. The molecule has 0 aliphatic carbocycles. The summed E-state index contributed by atoms with van der Waals surface area (Å²) in [6.07, 6.45) is 0. The van der Waals surface area contributed by atoms with Crippen LogP contribution in [0.15, 0.2) is 0 Å². The van der Waals surface area contributed by atoms with Crippen molar-refractivity contribution in [3.63, 3.8) is 0 Å². The Labute approximate surface area is 113 Å². The quantitative estimate of drug-likeness (QED) is 0.394. The molecule has 2 heterocycles. The first-order valence-electron chi connectivity index (χ1n) is 5.96. The average Bonchev–Trinajstić information content (AvgIpc) is 2.71. The molecule has 98 valence electrons. The Kier molecular flexibility index (Phi) is 3.44. The maximum atomic E-state index is 6.82. The molecule has 2 rings (SSSR count). The van der Waals surface area contributed by atoms with Crippen LogP contribution in [0.1, 0.15) is 0 Å². The van der Waals surface area contributed by atoms with Gasteiger partial charge in [-0.2, -0.15) is 0 Å². The van der Waals surface area contributed by atoms with Gasteiger partial charge in [-0.25, -0.2) is 0 Å². The summed E-state index contributed by atoms with van der Waals surface area (Å²) in [5, 5.41) is 0. The summed E-state index contributed by atoms with van der Waals surface area (Å²) in [7, 11) is 8.31. The molecule has 0 radical (unpaired) electrons. The van der Waals surface area contributed by atoms with Gasteiger partial charge in [-0.15, -0.1) is 0 Å². The topological polar surface area (TPSA) is 12.5 Å². The normalized spacial score (nSPS) is 23.2. The molecule has 0 fully saturated rings. The van der Waals surface area contributed by atoms with Crippen molar-refractivity contribution < 1.29 is 9.15 Å². The first-order chi connectivity index (χ1) is 7.85. The van der Waals surface area contributed by atoms with Crippen LogP contribution >= 0.6 is 22.2 Å². The van der Waals surface area contributed by atoms with Crippen LogP contribution in [-0.2, 0) is 0 Å². The second kappa shape index (κ2) is 4.44. The second-order valence-corrected chi connectivity index (χ2v) is 12.0. The van der Waals surface area contributed by atoms with Crippen LogP contribution in [0.4, 0.5) is 0 Å². The summed E-state index contributed by atoms with van der Waals surface area (Å²) in [5.74, 6) is 0. The standard InChI is InChI=1S/C10H21Cl2N4Si/c1-13-5-6-14(2)9(13)17(11,12)10-15(3)7-8-16(10)4/h17H,5-8H2,1-4H3/q+1. The monoisotopic (exact) mass is 295 g/mol. The van der Waals surface area contributed by atoms with E-state index in [4.69, 9.17) is 22.2 Å². The van der Waals surface area contributed by atoms with Crippen molar-refractivity contribution >= 4 is 39.8 Å². The van der Waals surface area contributed by atoms with Gasteiger partial charge in [0.25, 0.3) is 0 Å². The van der Waals surface area contributed by atoms with E-state index >= 15 is 0 Å². The molecule has 0 N–H and O–H groups in total. The SMILES string of the molecule is CN1CC[N+](C)=C1[SiH-](Cl)(Cl)C1=[N+](C)CCN1C. The molecule has 0 atom stereocenters. The zero-order chi connectivity index (χ0) is 12.8. The van der Waals surface area contributed by atoms with Gasteiger partial charge < -0.3 is 0 Å².